The van der Waals surface area contributed by atoms with Gasteiger partial charge in [0, 0.05) is 36.9 Å². The molecule has 1 aliphatic heterocycles. The molecule has 0 radical (unpaired) electrons. The molecule has 5 nitrogen and oxygen atoms in total. The molecule has 1 unspecified atom stereocenters. The summed E-state index contributed by atoms with van der Waals surface area (Å²) in [5, 5.41) is 5.94. The Kier molecular flexibility index (Phi) is 5.88. The molecule has 0 aliphatic carbocycles. The highest BCUT2D eigenvalue weighted by Crippen LogP contribution is 2.27. The van der Waals surface area contributed by atoms with E-state index in [-0.39, 0.29) is 17.6 Å². The van der Waals surface area contributed by atoms with Crippen LogP contribution in [0.1, 0.15) is 35.8 Å². The first-order valence-electron chi connectivity index (χ1n) is 11.5. The van der Waals surface area contributed by atoms with Gasteiger partial charge in [-0.25, -0.2) is 0 Å². The van der Waals surface area contributed by atoms with Crippen molar-refractivity contribution < 1.29 is 9.59 Å². The lowest BCUT2D eigenvalue weighted by atomic mass is 9.88. The van der Waals surface area contributed by atoms with Gasteiger partial charge in [-0.15, -0.1) is 0 Å². The molecule has 0 bridgehead atoms. The maximum Gasteiger partial charge on any atom is 0.221 e. The zero-order valence-corrected chi connectivity index (χ0v) is 18.8. The number of hydrogen-bond donors (Lipinski definition) is 1. The predicted octanol–water partition coefficient (Wildman–Crippen LogP) is 5.44. The average Bonchev–Trinajstić information content (AvgIpc) is 2.83. The third-order valence-electron chi connectivity index (χ3n) is 6.42. The number of carbonyl (C=O) groups is 2. The number of piperidine rings is 1. The molecule has 4 aromatic rings. The Bertz CT molecular complexity index is 1340. The van der Waals surface area contributed by atoms with Crippen molar-refractivity contribution in [2.75, 3.05) is 18.4 Å². The van der Waals surface area contributed by atoms with E-state index >= 15 is 0 Å². The summed E-state index contributed by atoms with van der Waals surface area (Å²) in [6.45, 7) is 3.92. The fourth-order valence-electron chi connectivity index (χ4n) is 4.89. The van der Waals surface area contributed by atoms with E-state index in [1.165, 1.54) is 6.92 Å². The number of carbonyl (C=O) groups excluding carboxylic acids is 2. The standard InChI is InChI=1S/C28H27N3O2/c1-19(32)29-26-12-5-13-27-25(26)15-14-22(30-27)18-31-16-6-9-21(17-31)28(33)24-11-4-8-20-7-2-3-10-23(20)24/h2-5,7-8,10-15,21H,6,9,16-18H2,1H3,(H,29,32). The van der Waals surface area contributed by atoms with Gasteiger partial charge in [-0.2, -0.15) is 0 Å². The second-order valence-electron chi connectivity index (χ2n) is 8.82. The van der Waals surface area contributed by atoms with E-state index in [2.05, 4.69) is 22.3 Å². The minimum Gasteiger partial charge on any atom is -0.326 e. The van der Waals surface area contributed by atoms with Gasteiger partial charge in [0.05, 0.1) is 16.9 Å². The van der Waals surface area contributed by atoms with Gasteiger partial charge in [-0.05, 0) is 54.4 Å². The molecule has 3 aromatic carbocycles. The molecule has 0 saturated carbocycles. The van der Waals surface area contributed by atoms with E-state index in [1.807, 2.05) is 60.7 Å². The van der Waals surface area contributed by atoms with E-state index in [0.717, 1.165) is 64.6 Å². The molecule has 1 fully saturated rings. The number of hydrogen-bond acceptors (Lipinski definition) is 4. The number of pyridine rings is 1. The highest BCUT2D eigenvalue weighted by Gasteiger charge is 2.27. The molecule has 166 valence electrons. The third kappa shape index (κ3) is 4.50. The quantitative estimate of drug-likeness (QED) is 0.422. The molecular formula is C28H27N3O2. The number of likely N-dealkylation sites (tertiary alicyclic amines) is 1. The smallest absolute Gasteiger partial charge is 0.221 e. The van der Waals surface area contributed by atoms with Crippen molar-refractivity contribution in [3.8, 4) is 0 Å². The second kappa shape index (κ2) is 9.12. The molecule has 2 heterocycles. The number of ketones is 1. The van der Waals surface area contributed by atoms with Crippen LogP contribution in [-0.4, -0.2) is 34.7 Å². The number of Topliss-reactive ketones (excluding diaryl/α,β-unsaturated/α-hetero) is 1. The summed E-state index contributed by atoms with van der Waals surface area (Å²) in [6.07, 6.45) is 1.92. The van der Waals surface area contributed by atoms with Crippen molar-refractivity contribution in [2.45, 2.75) is 26.3 Å². The lowest BCUT2D eigenvalue weighted by Crippen LogP contribution is -2.38. The molecule has 1 N–H and O–H groups in total. The largest absolute Gasteiger partial charge is 0.326 e. The van der Waals surface area contributed by atoms with Crippen LogP contribution in [0.5, 0.6) is 0 Å². The fourth-order valence-corrected chi connectivity index (χ4v) is 4.89. The van der Waals surface area contributed by atoms with Crippen LogP contribution in [-0.2, 0) is 11.3 Å². The number of amides is 1. The average molecular weight is 438 g/mol. The summed E-state index contributed by atoms with van der Waals surface area (Å²) in [5.74, 6) is 0.140. The lowest BCUT2D eigenvalue weighted by Gasteiger charge is -2.32. The highest BCUT2D eigenvalue weighted by atomic mass is 16.1. The summed E-state index contributed by atoms with van der Waals surface area (Å²) in [6, 6.07) is 23.9. The van der Waals surface area contributed by atoms with Crippen LogP contribution in [0, 0.1) is 5.92 Å². The maximum atomic E-state index is 13.4. The van der Waals surface area contributed by atoms with Crippen LogP contribution < -0.4 is 5.32 Å². The van der Waals surface area contributed by atoms with E-state index in [1.54, 1.807) is 0 Å². The first-order chi connectivity index (χ1) is 16.1. The highest BCUT2D eigenvalue weighted by molar-refractivity contribution is 6.09. The van der Waals surface area contributed by atoms with Gasteiger partial charge < -0.3 is 5.32 Å². The Labute approximate surface area is 193 Å². The third-order valence-corrected chi connectivity index (χ3v) is 6.42. The number of nitrogens with zero attached hydrogens (tertiary/aromatic N) is 2. The molecule has 1 aliphatic rings. The number of rotatable bonds is 5. The van der Waals surface area contributed by atoms with Gasteiger partial charge in [0.25, 0.3) is 0 Å². The first kappa shape index (κ1) is 21.3. The summed E-state index contributed by atoms with van der Waals surface area (Å²) >= 11 is 0. The number of fused-ring (bicyclic) bond motifs is 2. The van der Waals surface area contributed by atoms with Gasteiger partial charge in [0.2, 0.25) is 5.91 Å². The minimum absolute atomic E-state index is 0.00335. The Morgan fingerprint density at radius 1 is 0.970 bits per heavy atom. The van der Waals surface area contributed by atoms with Gasteiger partial charge in [0.1, 0.15) is 0 Å². The van der Waals surface area contributed by atoms with E-state index in [0.29, 0.717) is 6.54 Å². The zero-order valence-electron chi connectivity index (χ0n) is 18.8. The van der Waals surface area contributed by atoms with Gasteiger partial charge in [-0.1, -0.05) is 48.5 Å². The lowest BCUT2D eigenvalue weighted by molar-refractivity contribution is -0.114. The van der Waals surface area contributed by atoms with Crippen molar-refractivity contribution >= 4 is 39.1 Å². The zero-order chi connectivity index (χ0) is 22.8. The Balaban J connectivity index is 1.33. The van der Waals surface area contributed by atoms with Crippen molar-refractivity contribution in [1.29, 1.82) is 0 Å². The van der Waals surface area contributed by atoms with E-state index in [4.69, 9.17) is 4.98 Å². The van der Waals surface area contributed by atoms with Crippen LogP contribution in [0.2, 0.25) is 0 Å². The fraction of sp³-hybridized carbons (Fsp3) is 0.250. The molecule has 5 rings (SSSR count). The van der Waals surface area contributed by atoms with Crippen molar-refractivity contribution in [1.82, 2.24) is 9.88 Å². The second-order valence-corrected chi connectivity index (χ2v) is 8.82. The minimum atomic E-state index is -0.0956. The number of benzene rings is 3. The maximum absolute atomic E-state index is 13.4. The summed E-state index contributed by atoms with van der Waals surface area (Å²) in [4.78, 5) is 32.1. The molecular weight excluding hydrogens is 410 g/mol. The Hall–Kier alpha value is -3.57. The predicted molar refractivity (Wildman–Crippen MR) is 132 cm³/mol. The number of aromatic nitrogens is 1. The van der Waals surface area contributed by atoms with E-state index in [9.17, 15) is 9.59 Å². The van der Waals surface area contributed by atoms with Crippen LogP contribution in [0.15, 0.2) is 72.8 Å². The first-order valence-corrected chi connectivity index (χ1v) is 11.5. The van der Waals surface area contributed by atoms with Crippen LogP contribution >= 0.6 is 0 Å². The summed E-state index contributed by atoms with van der Waals surface area (Å²) in [5.41, 5.74) is 3.44. The summed E-state index contributed by atoms with van der Waals surface area (Å²) in [7, 11) is 0. The molecule has 1 saturated heterocycles. The molecule has 1 atom stereocenters. The van der Waals surface area contributed by atoms with E-state index < -0.39 is 0 Å². The number of nitrogens with one attached hydrogen (secondary N) is 1. The normalized spacial score (nSPS) is 16.7. The van der Waals surface area contributed by atoms with Crippen LogP contribution in [0.3, 0.4) is 0 Å². The molecule has 5 heteroatoms. The van der Waals surface area contributed by atoms with Crippen LogP contribution in [0.25, 0.3) is 21.7 Å². The van der Waals surface area contributed by atoms with Gasteiger partial charge in [-0.3, -0.25) is 19.5 Å². The van der Waals surface area contributed by atoms with Crippen molar-refractivity contribution in [3.63, 3.8) is 0 Å². The Morgan fingerprint density at radius 2 is 1.79 bits per heavy atom. The SMILES string of the molecule is CC(=O)Nc1cccc2nc(CN3CCCC(C(=O)c4cccc5ccccc45)C3)ccc12. The van der Waals surface area contributed by atoms with Crippen molar-refractivity contribution in [3.05, 3.63) is 84.1 Å². The topological polar surface area (TPSA) is 62.3 Å². The van der Waals surface area contributed by atoms with Gasteiger partial charge in [0.15, 0.2) is 5.78 Å². The molecule has 1 aromatic heterocycles. The van der Waals surface area contributed by atoms with Crippen molar-refractivity contribution in [2.24, 2.45) is 5.92 Å². The molecule has 33 heavy (non-hydrogen) atoms. The molecule has 0 spiro atoms. The Morgan fingerprint density at radius 3 is 2.67 bits per heavy atom. The monoisotopic (exact) mass is 437 g/mol. The number of anilines is 1. The molecule has 1 amide bonds. The van der Waals surface area contributed by atoms with Gasteiger partial charge >= 0.3 is 0 Å². The van der Waals surface area contributed by atoms with Crippen LogP contribution in [0.4, 0.5) is 5.69 Å². The summed E-state index contributed by atoms with van der Waals surface area (Å²) < 4.78 is 0.